The molecule has 2 amide bonds. The highest BCUT2D eigenvalue weighted by Crippen LogP contribution is 2.29. The topological polar surface area (TPSA) is 97.9 Å². The SMILES string of the molecule is O=C(Cn1ccnn1)NCc1cc2n(n1)CCN(C(=O)C1CCC1)C2. The molecule has 9 heteroatoms. The second-order valence-electron chi connectivity index (χ2n) is 6.62. The van der Waals surface area contributed by atoms with Gasteiger partial charge < -0.3 is 10.2 Å². The Balaban J connectivity index is 1.32. The number of carbonyl (C=O) groups is 2. The molecule has 0 bridgehead atoms. The molecule has 0 spiro atoms. The monoisotopic (exact) mass is 343 g/mol. The van der Waals surface area contributed by atoms with Gasteiger partial charge in [-0.25, -0.2) is 4.68 Å². The number of amides is 2. The minimum atomic E-state index is -0.141. The van der Waals surface area contributed by atoms with E-state index in [4.69, 9.17) is 0 Å². The number of aromatic nitrogens is 5. The maximum absolute atomic E-state index is 12.4. The summed E-state index contributed by atoms with van der Waals surface area (Å²) in [5, 5.41) is 14.8. The summed E-state index contributed by atoms with van der Waals surface area (Å²) in [6, 6.07) is 1.97. The van der Waals surface area contributed by atoms with Crippen molar-refractivity contribution in [1.29, 1.82) is 0 Å². The molecule has 0 unspecified atom stereocenters. The van der Waals surface area contributed by atoms with Gasteiger partial charge in [-0.1, -0.05) is 11.6 Å². The van der Waals surface area contributed by atoms with Crippen LogP contribution in [0.1, 0.15) is 30.7 Å². The molecule has 1 aliphatic heterocycles. The first-order valence-electron chi connectivity index (χ1n) is 8.64. The minimum Gasteiger partial charge on any atom is -0.349 e. The van der Waals surface area contributed by atoms with Gasteiger partial charge in [0.1, 0.15) is 6.54 Å². The molecule has 132 valence electrons. The lowest BCUT2D eigenvalue weighted by Crippen LogP contribution is -2.43. The van der Waals surface area contributed by atoms with Crippen molar-refractivity contribution in [1.82, 2.24) is 35.0 Å². The van der Waals surface area contributed by atoms with E-state index in [1.54, 1.807) is 6.20 Å². The van der Waals surface area contributed by atoms with Gasteiger partial charge in [0.05, 0.1) is 37.2 Å². The van der Waals surface area contributed by atoms with Crippen molar-refractivity contribution < 1.29 is 9.59 Å². The van der Waals surface area contributed by atoms with Crippen molar-refractivity contribution in [3.8, 4) is 0 Å². The Kier molecular flexibility index (Phi) is 4.21. The fraction of sp³-hybridized carbons (Fsp3) is 0.562. The van der Waals surface area contributed by atoms with E-state index in [0.717, 1.165) is 24.2 Å². The molecule has 3 heterocycles. The van der Waals surface area contributed by atoms with E-state index in [1.165, 1.54) is 17.3 Å². The van der Waals surface area contributed by atoms with Crippen molar-refractivity contribution in [3.63, 3.8) is 0 Å². The maximum Gasteiger partial charge on any atom is 0.242 e. The normalized spacial score (nSPS) is 17.0. The maximum atomic E-state index is 12.4. The Bertz CT molecular complexity index is 764. The Morgan fingerprint density at radius 3 is 2.88 bits per heavy atom. The summed E-state index contributed by atoms with van der Waals surface area (Å²) in [5.41, 5.74) is 1.83. The molecule has 2 aliphatic rings. The highest BCUT2D eigenvalue weighted by molar-refractivity contribution is 5.79. The molecule has 9 nitrogen and oxygen atoms in total. The molecule has 1 saturated carbocycles. The number of hydrogen-bond donors (Lipinski definition) is 1. The minimum absolute atomic E-state index is 0.136. The smallest absolute Gasteiger partial charge is 0.242 e. The van der Waals surface area contributed by atoms with Crippen molar-refractivity contribution in [3.05, 3.63) is 29.8 Å². The number of fused-ring (bicyclic) bond motifs is 1. The molecule has 2 aromatic rings. The van der Waals surface area contributed by atoms with Crippen LogP contribution in [0.4, 0.5) is 0 Å². The van der Waals surface area contributed by atoms with Crippen LogP contribution >= 0.6 is 0 Å². The van der Waals surface area contributed by atoms with E-state index in [1.807, 2.05) is 15.6 Å². The molecular weight excluding hydrogens is 322 g/mol. The molecule has 0 atom stereocenters. The first-order valence-corrected chi connectivity index (χ1v) is 8.64. The lowest BCUT2D eigenvalue weighted by atomic mass is 9.84. The van der Waals surface area contributed by atoms with Gasteiger partial charge in [0.2, 0.25) is 11.8 Å². The summed E-state index contributed by atoms with van der Waals surface area (Å²) < 4.78 is 3.40. The van der Waals surface area contributed by atoms with Crippen molar-refractivity contribution in [2.75, 3.05) is 6.54 Å². The molecule has 0 radical (unpaired) electrons. The Morgan fingerprint density at radius 1 is 1.28 bits per heavy atom. The molecule has 1 N–H and O–H groups in total. The van der Waals surface area contributed by atoms with Crippen molar-refractivity contribution in [2.24, 2.45) is 5.92 Å². The Hall–Kier alpha value is -2.71. The molecule has 2 aromatic heterocycles. The molecule has 1 aliphatic carbocycles. The number of nitrogens with zero attached hydrogens (tertiary/aromatic N) is 6. The van der Waals surface area contributed by atoms with Gasteiger partial charge in [0.25, 0.3) is 0 Å². The van der Waals surface area contributed by atoms with Crippen molar-refractivity contribution in [2.45, 2.75) is 45.4 Å². The number of nitrogens with one attached hydrogen (secondary N) is 1. The highest BCUT2D eigenvalue weighted by Gasteiger charge is 2.31. The Morgan fingerprint density at radius 2 is 2.16 bits per heavy atom. The van der Waals surface area contributed by atoms with Crippen molar-refractivity contribution >= 4 is 11.8 Å². The van der Waals surface area contributed by atoms with E-state index in [9.17, 15) is 9.59 Å². The van der Waals surface area contributed by atoms with Gasteiger partial charge >= 0.3 is 0 Å². The average Bonchev–Trinajstić information content (AvgIpc) is 3.19. The van der Waals surface area contributed by atoms with Gasteiger partial charge in [-0.2, -0.15) is 5.10 Å². The first kappa shape index (κ1) is 15.8. The first-order chi connectivity index (χ1) is 12.2. The fourth-order valence-electron chi connectivity index (χ4n) is 3.22. The van der Waals surface area contributed by atoms with E-state index in [-0.39, 0.29) is 24.3 Å². The zero-order chi connectivity index (χ0) is 17.2. The van der Waals surface area contributed by atoms with E-state index >= 15 is 0 Å². The van der Waals surface area contributed by atoms with Crippen LogP contribution in [0, 0.1) is 5.92 Å². The molecule has 1 fully saturated rings. The number of carbonyl (C=O) groups excluding carboxylic acids is 2. The predicted octanol–water partition coefficient (Wildman–Crippen LogP) is -0.0667. The molecule has 4 rings (SSSR count). The third-order valence-corrected chi connectivity index (χ3v) is 4.86. The Labute approximate surface area is 145 Å². The van der Waals surface area contributed by atoms with Crippen LogP contribution in [-0.2, 0) is 35.8 Å². The molecule has 0 aromatic carbocycles. The van der Waals surface area contributed by atoms with Crippen LogP contribution < -0.4 is 5.32 Å². The second-order valence-corrected chi connectivity index (χ2v) is 6.62. The van der Waals surface area contributed by atoms with E-state index in [0.29, 0.717) is 26.2 Å². The zero-order valence-electron chi connectivity index (χ0n) is 14.0. The lowest BCUT2D eigenvalue weighted by Gasteiger charge is -2.34. The van der Waals surface area contributed by atoms with Gasteiger partial charge in [0.15, 0.2) is 0 Å². The quantitative estimate of drug-likeness (QED) is 0.820. The lowest BCUT2D eigenvalue weighted by molar-refractivity contribution is -0.139. The van der Waals surface area contributed by atoms with Crippen LogP contribution in [0.3, 0.4) is 0 Å². The summed E-state index contributed by atoms with van der Waals surface area (Å²) in [7, 11) is 0. The van der Waals surface area contributed by atoms with E-state index in [2.05, 4.69) is 20.7 Å². The number of rotatable bonds is 5. The van der Waals surface area contributed by atoms with Crippen LogP contribution in [0.5, 0.6) is 0 Å². The number of hydrogen-bond acceptors (Lipinski definition) is 5. The average molecular weight is 343 g/mol. The van der Waals surface area contributed by atoms with Crippen LogP contribution in [0.25, 0.3) is 0 Å². The summed E-state index contributed by atoms with van der Waals surface area (Å²) in [5.74, 6) is 0.365. The van der Waals surface area contributed by atoms with Gasteiger partial charge in [-0.3, -0.25) is 14.3 Å². The molecule has 25 heavy (non-hydrogen) atoms. The largest absolute Gasteiger partial charge is 0.349 e. The summed E-state index contributed by atoms with van der Waals surface area (Å²) in [6.45, 7) is 2.53. The highest BCUT2D eigenvalue weighted by atomic mass is 16.2. The summed E-state index contributed by atoms with van der Waals surface area (Å²) >= 11 is 0. The van der Waals surface area contributed by atoms with E-state index < -0.39 is 0 Å². The second kappa shape index (κ2) is 6.66. The predicted molar refractivity (Wildman–Crippen MR) is 86.9 cm³/mol. The zero-order valence-corrected chi connectivity index (χ0v) is 14.0. The van der Waals surface area contributed by atoms with Gasteiger partial charge in [-0.15, -0.1) is 5.10 Å². The van der Waals surface area contributed by atoms with Crippen LogP contribution in [-0.4, -0.2) is 48.0 Å². The summed E-state index contributed by atoms with van der Waals surface area (Å²) in [4.78, 5) is 26.2. The standard InChI is InChI=1S/C16H21N7O2/c24-15(11-22-5-4-18-20-22)17-9-13-8-14-10-21(6-7-23(14)19-13)16(25)12-2-1-3-12/h4-5,8,12H,1-3,6-7,9-11H2,(H,17,24). The van der Waals surface area contributed by atoms with Gasteiger partial charge in [0, 0.05) is 18.7 Å². The fourth-order valence-corrected chi connectivity index (χ4v) is 3.22. The van der Waals surface area contributed by atoms with Gasteiger partial charge in [-0.05, 0) is 18.9 Å². The van der Waals surface area contributed by atoms with Crippen LogP contribution in [0.2, 0.25) is 0 Å². The molecule has 0 saturated heterocycles. The molecular formula is C16H21N7O2. The third-order valence-electron chi connectivity index (χ3n) is 4.86. The third kappa shape index (κ3) is 3.40. The summed E-state index contributed by atoms with van der Waals surface area (Å²) in [6.07, 6.45) is 6.39. The van der Waals surface area contributed by atoms with Crippen LogP contribution in [0.15, 0.2) is 18.5 Å².